The first-order valence-electron chi connectivity index (χ1n) is 8.39. The molecule has 1 aromatic carbocycles. The average molecular weight is 321 g/mol. The lowest BCUT2D eigenvalue weighted by Crippen LogP contribution is -2.54. The van der Waals surface area contributed by atoms with Gasteiger partial charge in [0.25, 0.3) is 0 Å². The van der Waals surface area contributed by atoms with Gasteiger partial charge in [-0.25, -0.2) is 4.39 Å². The molecule has 1 aliphatic rings. The summed E-state index contributed by atoms with van der Waals surface area (Å²) in [6.07, 6.45) is 0.299. The van der Waals surface area contributed by atoms with E-state index in [2.05, 4.69) is 36.0 Å². The molecule has 0 spiro atoms. The van der Waals surface area contributed by atoms with Crippen LogP contribution in [0.1, 0.15) is 19.4 Å². The first kappa shape index (κ1) is 17.9. The normalized spacial score (nSPS) is 18.1. The fourth-order valence-corrected chi connectivity index (χ4v) is 3.01. The fourth-order valence-electron chi connectivity index (χ4n) is 3.01. The average Bonchev–Trinajstić information content (AvgIpc) is 2.51. The molecule has 1 amide bonds. The Morgan fingerprint density at radius 3 is 2.35 bits per heavy atom. The lowest BCUT2D eigenvalue weighted by molar-refractivity contribution is -0.120. The van der Waals surface area contributed by atoms with Crippen molar-refractivity contribution in [2.45, 2.75) is 26.3 Å². The number of hydrogen-bond donors (Lipinski definition) is 1. The van der Waals surface area contributed by atoms with E-state index in [1.54, 1.807) is 12.1 Å². The summed E-state index contributed by atoms with van der Waals surface area (Å²) in [5, 5.41) is 3.05. The first-order valence-corrected chi connectivity index (χ1v) is 8.39. The van der Waals surface area contributed by atoms with Crippen molar-refractivity contribution in [1.29, 1.82) is 0 Å². The summed E-state index contributed by atoms with van der Waals surface area (Å²) in [6.45, 7) is 9.32. The minimum Gasteiger partial charge on any atom is -0.354 e. The standard InChI is InChI=1S/C18H28FN3O/c1-14(2)17(22-10-8-21(3)9-11-22)13-20-18(23)12-15-4-6-16(19)7-5-15/h4-7,14,17H,8-13H2,1-3H3,(H,20,23). The van der Waals surface area contributed by atoms with Gasteiger partial charge in [0.1, 0.15) is 5.82 Å². The number of carbonyl (C=O) groups is 1. The predicted octanol–water partition coefficient (Wildman–Crippen LogP) is 1.76. The maximum absolute atomic E-state index is 12.9. The molecule has 1 heterocycles. The van der Waals surface area contributed by atoms with Crippen molar-refractivity contribution in [1.82, 2.24) is 15.1 Å². The minimum atomic E-state index is -0.274. The zero-order chi connectivity index (χ0) is 16.8. The monoisotopic (exact) mass is 321 g/mol. The zero-order valence-corrected chi connectivity index (χ0v) is 14.4. The molecule has 4 nitrogen and oxygen atoms in total. The number of piperazine rings is 1. The Kier molecular flexibility index (Phi) is 6.54. The Morgan fingerprint density at radius 1 is 1.17 bits per heavy atom. The highest BCUT2D eigenvalue weighted by Crippen LogP contribution is 2.13. The third-order valence-corrected chi connectivity index (χ3v) is 4.56. The molecule has 0 aromatic heterocycles. The molecule has 0 aliphatic carbocycles. The van der Waals surface area contributed by atoms with Gasteiger partial charge in [-0.3, -0.25) is 9.69 Å². The van der Waals surface area contributed by atoms with Crippen LogP contribution in [-0.2, 0) is 11.2 Å². The summed E-state index contributed by atoms with van der Waals surface area (Å²) in [5.41, 5.74) is 0.838. The Hall–Kier alpha value is -1.46. The Labute approximate surface area is 138 Å². The minimum absolute atomic E-state index is 0.00335. The van der Waals surface area contributed by atoms with E-state index in [1.807, 2.05) is 0 Å². The Morgan fingerprint density at radius 2 is 1.78 bits per heavy atom. The van der Waals surface area contributed by atoms with Crippen molar-refractivity contribution >= 4 is 5.91 Å². The van der Waals surface area contributed by atoms with Crippen molar-refractivity contribution < 1.29 is 9.18 Å². The molecule has 1 unspecified atom stereocenters. The largest absolute Gasteiger partial charge is 0.354 e. The van der Waals surface area contributed by atoms with Gasteiger partial charge in [0, 0.05) is 38.8 Å². The zero-order valence-electron chi connectivity index (χ0n) is 14.4. The lowest BCUT2D eigenvalue weighted by Gasteiger charge is -2.39. The van der Waals surface area contributed by atoms with E-state index in [1.165, 1.54) is 12.1 Å². The number of nitrogens with one attached hydrogen (secondary N) is 1. The molecule has 23 heavy (non-hydrogen) atoms. The van der Waals surface area contributed by atoms with E-state index in [0.29, 0.717) is 24.9 Å². The summed E-state index contributed by atoms with van der Waals surface area (Å²) in [7, 11) is 2.15. The number of rotatable bonds is 6. The van der Waals surface area contributed by atoms with Gasteiger partial charge in [0.15, 0.2) is 0 Å². The maximum Gasteiger partial charge on any atom is 0.224 e. The van der Waals surface area contributed by atoms with E-state index in [0.717, 1.165) is 31.7 Å². The molecule has 1 aromatic rings. The molecule has 1 N–H and O–H groups in total. The summed E-state index contributed by atoms with van der Waals surface area (Å²) < 4.78 is 12.9. The van der Waals surface area contributed by atoms with Crippen LogP contribution in [-0.4, -0.2) is 61.5 Å². The molecule has 2 rings (SSSR count). The summed E-state index contributed by atoms with van der Waals surface area (Å²) in [4.78, 5) is 16.9. The van der Waals surface area contributed by atoms with Gasteiger partial charge < -0.3 is 10.2 Å². The van der Waals surface area contributed by atoms with Crippen molar-refractivity contribution in [3.8, 4) is 0 Å². The van der Waals surface area contributed by atoms with E-state index in [9.17, 15) is 9.18 Å². The van der Waals surface area contributed by atoms with Gasteiger partial charge >= 0.3 is 0 Å². The van der Waals surface area contributed by atoms with E-state index >= 15 is 0 Å². The van der Waals surface area contributed by atoms with Crippen LogP contribution in [0.3, 0.4) is 0 Å². The summed E-state index contributed by atoms with van der Waals surface area (Å²) in [6, 6.07) is 6.47. The highest BCUT2D eigenvalue weighted by atomic mass is 19.1. The lowest BCUT2D eigenvalue weighted by atomic mass is 10.0. The van der Waals surface area contributed by atoms with Crippen LogP contribution in [0.15, 0.2) is 24.3 Å². The number of nitrogens with zero attached hydrogens (tertiary/aromatic N) is 2. The third-order valence-electron chi connectivity index (χ3n) is 4.56. The second-order valence-corrected chi connectivity index (χ2v) is 6.76. The van der Waals surface area contributed by atoms with Gasteiger partial charge in [0.05, 0.1) is 6.42 Å². The van der Waals surface area contributed by atoms with Crippen LogP contribution in [0, 0.1) is 11.7 Å². The quantitative estimate of drug-likeness (QED) is 0.867. The first-order chi connectivity index (χ1) is 11.0. The fraction of sp³-hybridized carbons (Fsp3) is 0.611. The third kappa shape index (κ3) is 5.59. The second-order valence-electron chi connectivity index (χ2n) is 6.76. The van der Waals surface area contributed by atoms with Crippen molar-refractivity contribution in [2.24, 2.45) is 5.92 Å². The second kappa shape index (κ2) is 8.41. The van der Waals surface area contributed by atoms with Crippen LogP contribution in [0.2, 0.25) is 0 Å². The number of hydrogen-bond acceptors (Lipinski definition) is 3. The molecule has 0 radical (unpaired) electrons. The van der Waals surface area contributed by atoms with Gasteiger partial charge in [-0.05, 0) is 30.7 Å². The summed E-state index contributed by atoms with van der Waals surface area (Å²) >= 11 is 0. The molecule has 1 saturated heterocycles. The van der Waals surface area contributed by atoms with Crippen LogP contribution in [0.25, 0.3) is 0 Å². The molecule has 1 atom stereocenters. The molecule has 1 fully saturated rings. The Balaban J connectivity index is 1.83. The van der Waals surface area contributed by atoms with Gasteiger partial charge in [0.2, 0.25) is 5.91 Å². The van der Waals surface area contributed by atoms with Gasteiger partial charge in [-0.1, -0.05) is 26.0 Å². The van der Waals surface area contributed by atoms with Crippen molar-refractivity contribution in [3.05, 3.63) is 35.6 Å². The highest BCUT2D eigenvalue weighted by Gasteiger charge is 2.25. The number of benzene rings is 1. The molecule has 5 heteroatoms. The molecule has 0 saturated carbocycles. The number of likely N-dealkylation sites (N-methyl/N-ethyl adjacent to an activating group) is 1. The van der Waals surface area contributed by atoms with Crippen molar-refractivity contribution in [3.63, 3.8) is 0 Å². The van der Waals surface area contributed by atoms with Crippen LogP contribution in [0.4, 0.5) is 4.39 Å². The number of amides is 1. The maximum atomic E-state index is 12.9. The SMILES string of the molecule is CC(C)C(CNC(=O)Cc1ccc(F)cc1)N1CCN(C)CC1. The van der Waals surface area contributed by atoms with E-state index < -0.39 is 0 Å². The van der Waals surface area contributed by atoms with Crippen LogP contribution >= 0.6 is 0 Å². The Bertz CT molecular complexity index is 495. The highest BCUT2D eigenvalue weighted by molar-refractivity contribution is 5.78. The topological polar surface area (TPSA) is 35.6 Å². The molecule has 0 bridgehead atoms. The molecule has 128 valence electrons. The van der Waals surface area contributed by atoms with Gasteiger partial charge in [-0.15, -0.1) is 0 Å². The van der Waals surface area contributed by atoms with Crippen LogP contribution in [0.5, 0.6) is 0 Å². The molecular formula is C18H28FN3O. The summed E-state index contributed by atoms with van der Waals surface area (Å²) in [5.74, 6) is 0.213. The predicted molar refractivity (Wildman–Crippen MR) is 90.8 cm³/mol. The molecule has 1 aliphatic heterocycles. The van der Waals surface area contributed by atoms with Crippen LogP contribution < -0.4 is 5.32 Å². The van der Waals surface area contributed by atoms with E-state index in [4.69, 9.17) is 0 Å². The van der Waals surface area contributed by atoms with Gasteiger partial charge in [-0.2, -0.15) is 0 Å². The number of halogens is 1. The van der Waals surface area contributed by atoms with Crippen molar-refractivity contribution in [2.75, 3.05) is 39.8 Å². The number of carbonyl (C=O) groups excluding carboxylic acids is 1. The smallest absolute Gasteiger partial charge is 0.224 e. The van der Waals surface area contributed by atoms with E-state index in [-0.39, 0.29) is 11.7 Å². The molecular weight excluding hydrogens is 293 g/mol.